The molecule has 2 aromatic carbocycles. The van der Waals surface area contributed by atoms with Crippen LogP contribution in [0.15, 0.2) is 59.1 Å². The van der Waals surface area contributed by atoms with Gasteiger partial charge in [0.15, 0.2) is 0 Å². The van der Waals surface area contributed by atoms with Crippen molar-refractivity contribution in [3.05, 3.63) is 70.2 Å². The van der Waals surface area contributed by atoms with Crippen LogP contribution in [0.2, 0.25) is 0 Å². The van der Waals surface area contributed by atoms with Crippen LogP contribution in [0.4, 0.5) is 4.39 Å². The van der Waals surface area contributed by atoms with E-state index in [9.17, 15) is 19.1 Å². The Morgan fingerprint density at radius 2 is 1.90 bits per heavy atom. The first-order valence-corrected chi connectivity index (χ1v) is 16.2. The van der Waals surface area contributed by atoms with Gasteiger partial charge < -0.3 is 20.6 Å². The molecule has 3 N–H and O–H groups in total. The highest BCUT2D eigenvalue weighted by atomic mass is 79.9. The number of nitrogens with one attached hydrogen (secondary N) is 2. The minimum Gasteiger partial charge on any atom is -0.390 e. The predicted molar refractivity (Wildman–Crippen MR) is 163 cm³/mol. The Bertz CT molecular complexity index is 1290. The normalized spacial score (nSPS) is 27.3. The van der Waals surface area contributed by atoms with Crippen molar-refractivity contribution in [1.29, 1.82) is 0 Å². The van der Waals surface area contributed by atoms with Crippen LogP contribution in [-0.4, -0.2) is 82.8 Å². The Morgan fingerprint density at radius 1 is 1.14 bits per heavy atom. The molecule has 2 amide bonds. The van der Waals surface area contributed by atoms with E-state index >= 15 is 0 Å². The molecule has 0 bridgehead atoms. The number of aliphatic hydroxyl groups is 1. The van der Waals surface area contributed by atoms with Crippen molar-refractivity contribution in [2.24, 2.45) is 5.92 Å². The van der Waals surface area contributed by atoms with Gasteiger partial charge in [-0.15, -0.1) is 0 Å². The highest BCUT2D eigenvalue weighted by molar-refractivity contribution is 9.10. The van der Waals surface area contributed by atoms with Gasteiger partial charge in [0.2, 0.25) is 11.8 Å². The fraction of sp³-hybridized carbons (Fsp3) is 0.576. The Kier molecular flexibility index (Phi) is 8.48. The monoisotopic (exact) mass is 640 g/mol. The van der Waals surface area contributed by atoms with E-state index in [1.54, 1.807) is 11.8 Å². The highest BCUT2D eigenvalue weighted by Crippen LogP contribution is 2.46. The van der Waals surface area contributed by atoms with Crippen molar-refractivity contribution in [3.8, 4) is 0 Å². The summed E-state index contributed by atoms with van der Waals surface area (Å²) in [6.07, 6.45) is 3.62. The lowest BCUT2D eigenvalue weighted by molar-refractivity contribution is -0.143. The number of alkyl halides is 1. The van der Waals surface area contributed by atoms with Crippen LogP contribution in [0.5, 0.6) is 0 Å². The van der Waals surface area contributed by atoms with Crippen molar-refractivity contribution in [2.45, 2.75) is 87.3 Å². The zero-order chi connectivity index (χ0) is 29.5. The van der Waals surface area contributed by atoms with Gasteiger partial charge in [-0.3, -0.25) is 14.5 Å². The van der Waals surface area contributed by atoms with E-state index in [-0.39, 0.29) is 23.8 Å². The number of halogens is 2. The van der Waals surface area contributed by atoms with Crippen LogP contribution in [0.1, 0.15) is 56.6 Å². The number of benzene rings is 2. The lowest BCUT2D eigenvalue weighted by atomic mass is 9.93. The molecule has 2 aliphatic carbocycles. The van der Waals surface area contributed by atoms with Crippen LogP contribution >= 0.6 is 15.9 Å². The minimum absolute atomic E-state index is 0.127. The first kappa shape index (κ1) is 29.7. The Balaban J connectivity index is 1.13. The van der Waals surface area contributed by atoms with E-state index in [0.717, 1.165) is 42.3 Å². The summed E-state index contributed by atoms with van der Waals surface area (Å²) < 4.78 is 15.6. The quantitative estimate of drug-likeness (QED) is 0.327. The topological polar surface area (TPSA) is 84.9 Å². The van der Waals surface area contributed by atoms with Gasteiger partial charge in [-0.2, -0.15) is 0 Å². The third-order valence-electron chi connectivity index (χ3n) is 9.90. The van der Waals surface area contributed by atoms with Crippen molar-refractivity contribution >= 4 is 27.7 Å². The summed E-state index contributed by atoms with van der Waals surface area (Å²) in [6, 6.07) is 16.8. The van der Waals surface area contributed by atoms with E-state index in [2.05, 4.69) is 43.6 Å². The molecule has 2 saturated carbocycles. The van der Waals surface area contributed by atoms with Crippen molar-refractivity contribution in [1.82, 2.24) is 20.4 Å². The first-order valence-electron chi connectivity index (χ1n) is 15.4. The molecule has 4 fully saturated rings. The molecule has 6 rings (SSSR count). The number of likely N-dealkylation sites (tertiary alicyclic amines) is 2. The summed E-state index contributed by atoms with van der Waals surface area (Å²) in [7, 11) is 0. The molecule has 2 unspecified atom stereocenters. The summed E-state index contributed by atoms with van der Waals surface area (Å²) in [4.78, 5) is 31.2. The van der Waals surface area contributed by atoms with Crippen molar-refractivity contribution in [2.75, 3.05) is 26.2 Å². The molecular formula is C33H42BrFN4O3. The second-order valence-corrected chi connectivity index (χ2v) is 13.9. The van der Waals surface area contributed by atoms with Gasteiger partial charge in [-0.1, -0.05) is 58.4 Å². The molecule has 2 aliphatic heterocycles. The number of rotatable bonds is 12. The van der Waals surface area contributed by atoms with E-state index < -0.39 is 29.9 Å². The molecule has 2 saturated heterocycles. The average Bonchev–Trinajstić information content (AvgIpc) is 3.90. The Labute approximate surface area is 256 Å². The van der Waals surface area contributed by atoms with Gasteiger partial charge in [-0.25, -0.2) is 4.39 Å². The molecule has 0 aromatic heterocycles. The van der Waals surface area contributed by atoms with Crippen molar-refractivity contribution in [3.63, 3.8) is 0 Å². The maximum absolute atomic E-state index is 14.6. The van der Waals surface area contributed by atoms with E-state index in [1.165, 1.54) is 5.56 Å². The number of carbonyl (C=O) groups excluding carboxylic acids is 2. The average molecular weight is 642 g/mol. The summed E-state index contributed by atoms with van der Waals surface area (Å²) >= 11 is 3.56. The number of amides is 2. The molecule has 4 aliphatic rings. The third-order valence-corrected chi connectivity index (χ3v) is 10.4. The van der Waals surface area contributed by atoms with E-state index in [0.29, 0.717) is 38.4 Å². The third kappa shape index (κ3) is 6.16. The summed E-state index contributed by atoms with van der Waals surface area (Å²) in [5, 5.41) is 18.1. The molecule has 9 heteroatoms. The maximum Gasteiger partial charge on any atom is 0.243 e. The molecule has 2 aromatic rings. The van der Waals surface area contributed by atoms with Gasteiger partial charge >= 0.3 is 0 Å². The minimum atomic E-state index is -1.01. The summed E-state index contributed by atoms with van der Waals surface area (Å²) in [6.45, 7) is 3.56. The van der Waals surface area contributed by atoms with E-state index in [4.69, 9.17) is 0 Å². The predicted octanol–water partition coefficient (Wildman–Crippen LogP) is 3.93. The highest BCUT2D eigenvalue weighted by Gasteiger charge is 2.58. The summed E-state index contributed by atoms with van der Waals surface area (Å²) in [5.41, 5.74) is 1.20. The number of aliphatic hydroxyl groups excluding tert-OH is 1. The van der Waals surface area contributed by atoms with Crippen LogP contribution < -0.4 is 10.6 Å². The fourth-order valence-electron chi connectivity index (χ4n) is 6.99. The molecule has 2 heterocycles. The largest absolute Gasteiger partial charge is 0.390 e. The Hall–Kier alpha value is -2.33. The zero-order valence-corrected chi connectivity index (χ0v) is 25.9. The number of hydrogen-bond donors (Lipinski definition) is 3. The van der Waals surface area contributed by atoms with Gasteiger partial charge in [0.05, 0.1) is 12.1 Å². The second-order valence-electron chi connectivity index (χ2n) is 13.0. The lowest BCUT2D eigenvalue weighted by Crippen LogP contribution is -2.57. The van der Waals surface area contributed by atoms with Crippen LogP contribution in [0.25, 0.3) is 0 Å². The Morgan fingerprint density at radius 3 is 2.60 bits per heavy atom. The lowest BCUT2D eigenvalue weighted by Gasteiger charge is -2.34. The van der Waals surface area contributed by atoms with Gasteiger partial charge in [0, 0.05) is 42.6 Å². The molecule has 5 atom stereocenters. The van der Waals surface area contributed by atoms with Gasteiger partial charge in [-0.05, 0) is 74.6 Å². The summed E-state index contributed by atoms with van der Waals surface area (Å²) in [5.74, 6) is 0.135. The number of nitrogens with zero attached hydrogens (tertiary/aromatic N) is 2. The first-order chi connectivity index (χ1) is 20.2. The number of hydrogen-bond acceptors (Lipinski definition) is 5. The van der Waals surface area contributed by atoms with Crippen molar-refractivity contribution < 1.29 is 19.1 Å². The van der Waals surface area contributed by atoms with Crippen LogP contribution in [-0.2, 0) is 21.5 Å². The molecule has 1 spiro atoms. The van der Waals surface area contributed by atoms with E-state index in [1.807, 2.05) is 42.5 Å². The molecule has 226 valence electrons. The van der Waals surface area contributed by atoms with Gasteiger partial charge in [0.1, 0.15) is 17.8 Å². The second kappa shape index (κ2) is 12.0. The molecule has 42 heavy (non-hydrogen) atoms. The zero-order valence-electron chi connectivity index (χ0n) is 24.3. The standard InChI is InChI=1S/C33H42BrFN4O3/c1-22(39-15-14-33(31(39)42)18-27(35)21-38(33)20-24-10-11-24)30(41)37-28(16-23-6-3-2-4-7-23)29(40)19-36-32(12-13-32)25-8-5-9-26(34)17-25/h2-9,17,22,24,27-29,36,40H,10-16,18-21H2,1H3,(H,37,41)/t22-,27?,28-,29+,33?/m0/s1. The smallest absolute Gasteiger partial charge is 0.243 e. The maximum atomic E-state index is 14.6. The van der Waals surface area contributed by atoms with Crippen LogP contribution in [0, 0.1) is 5.92 Å². The SMILES string of the molecule is C[C@@H](C(=O)N[C@@H](Cc1ccccc1)[C@H](O)CNC1(c2cccc(Br)c2)CC1)N1CCC2(CC(F)CN2CC2CC2)C1=O. The molecule has 7 nitrogen and oxygen atoms in total. The van der Waals surface area contributed by atoms with Crippen LogP contribution in [0.3, 0.4) is 0 Å². The molecule has 0 radical (unpaired) electrons. The van der Waals surface area contributed by atoms with Gasteiger partial charge in [0.25, 0.3) is 0 Å². The fourth-order valence-corrected chi connectivity index (χ4v) is 7.39. The number of carbonyl (C=O) groups is 2. The molecular weight excluding hydrogens is 599 g/mol.